The maximum absolute atomic E-state index is 9.60. The number of hydrogen-bond acceptors (Lipinski definition) is 4. The maximum Gasteiger partial charge on any atom is 0.128 e. The van der Waals surface area contributed by atoms with Gasteiger partial charge in [-0.3, -0.25) is 0 Å². The van der Waals surface area contributed by atoms with Gasteiger partial charge in [0.1, 0.15) is 5.82 Å². The summed E-state index contributed by atoms with van der Waals surface area (Å²) in [5.74, 6) is 1.44. The lowest BCUT2D eigenvalue weighted by Gasteiger charge is -2.34. The number of anilines is 1. The van der Waals surface area contributed by atoms with E-state index >= 15 is 0 Å². The van der Waals surface area contributed by atoms with E-state index in [1.165, 1.54) is 0 Å². The molecule has 0 radical (unpaired) electrons. The van der Waals surface area contributed by atoms with Gasteiger partial charge in [-0.15, -0.1) is 0 Å². The monoisotopic (exact) mass is 249 g/mol. The lowest BCUT2D eigenvalue weighted by Crippen LogP contribution is -2.37. The predicted octanol–water partition coefficient (Wildman–Crippen LogP) is 1.70. The molecule has 1 unspecified atom stereocenters. The predicted molar refractivity (Wildman–Crippen MR) is 73.5 cm³/mol. The van der Waals surface area contributed by atoms with Crippen molar-refractivity contribution in [1.82, 2.24) is 4.98 Å². The molecule has 100 valence electrons. The Balaban J connectivity index is 2.03. The van der Waals surface area contributed by atoms with Crippen molar-refractivity contribution in [2.45, 2.75) is 38.8 Å². The zero-order valence-corrected chi connectivity index (χ0v) is 11.2. The van der Waals surface area contributed by atoms with Crippen LogP contribution in [0, 0.1) is 5.92 Å². The highest BCUT2D eigenvalue weighted by Crippen LogP contribution is 2.25. The molecule has 4 heteroatoms. The molecule has 3 N–H and O–H groups in total. The quantitative estimate of drug-likeness (QED) is 0.856. The maximum atomic E-state index is 9.60. The molecule has 1 aromatic heterocycles. The average molecular weight is 249 g/mol. The van der Waals surface area contributed by atoms with Crippen LogP contribution in [0.3, 0.4) is 0 Å². The molecule has 0 bridgehead atoms. The fraction of sp³-hybridized carbons (Fsp3) is 0.643. The highest BCUT2D eigenvalue weighted by Gasteiger charge is 2.23. The van der Waals surface area contributed by atoms with Gasteiger partial charge in [0.25, 0.3) is 0 Å². The van der Waals surface area contributed by atoms with Crippen LogP contribution in [0.25, 0.3) is 0 Å². The van der Waals surface area contributed by atoms with Crippen LogP contribution in [0.15, 0.2) is 18.3 Å². The molecule has 0 amide bonds. The van der Waals surface area contributed by atoms with E-state index in [0.29, 0.717) is 5.92 Å². The molecule has 2 atom stereocenters. The van der Waals surface area contributed by atoms with Gasteiger partial charge < -0.3 is 15.7 Å². The number of hydrogen-bond donors (Lipinski definition) is 2. The highest BCUT2D eigenvalue weighted by molar-refractivity contribution is 5.42. The van der Waals surface area contributed by atoms with Crippen molar-refractivity contribution in [3.05, 3.63) is 23.9 Å². The number of aromatic nitrogens is 1. The molecule has 1 saturated heterocycles. The second-order valence-corrected chi connectivity index (χ2v) is 5.30. The fourth-order valence-corrected chi connectivity index (χ4v) is 2.50. The molecular weight excluding hydrogens is 226 g/mol. The highest BCUT2D eigenvalue weighted by atomic mass is 16.3. The number of piperidine rings is 1. The van der Waals surface area contributed by atoms with E-state index in [1.54, 1.807) is 0 Å². The van der Waals surface area contributed by atoms with E-state index in [4.69, 9.17) is 5.73 Å². The van der Waals surface area contributed by atoms with Crippen molar-refractivity contribution >= 4 is 5.82 Å². The van der Waals surface area contributed by atoms with Crippen LogP contribution in [0.2, 0.25) is 0 Å². The minimum Gasteiger partial charge on any atom is -0.393 e. The largest absolute Gasteiger partial charge is 0.393 e. The van der Waals surface area contributed by atoms with Gasteiger partial charge in [-0.05, 0) is 50.3 Å². The number of aliphatic hydroxyl groups excluding tert-OH is 1. The summed E-state index contributed by atoms with van der Waals surface area (Å²) < 4.78 is 0. The van der Waals surface area contributed by atoms with Crippen LogP contribution < -0.4 is 10.6 Å². The lowest BCUT2D eigenvalue weighted by molar-refractivity contribution is 0.110. The van der Waals surface area contributed by atoms with E-state index in [0.717, 1.165) is 37.3 Å². The standard InChI is InChI=1S/C14H23N3O/c1-10(15)13-3-6-16-14(9-13)17-7-4-12(5-8-17)11(2)18/h3,6,9-12,18H,4-5,7-8,15H2,1-2H3/t10-,11?/m1/s1. The normalized spacial score (nSPS) is 20.8. The molecule has 1 fully saturated rings. The summed E-state index contributed by atoms with van der Waals surface area (Å²) in [4.78, 5) is 6.71. The summed E-state index contributed by atoms with van der Waals surface area (Å²) in [6.07, 6.45) is 3.69. The van der Waals surface area contributed by atoms with Crippen molar-refractivity contribution in [1.29, 1.82) is 0 Å². The van der Waals surface area contributed by atoms with Gasteiger partial charge in [0, 0.05) is 25.3 Å². The third kappa shape index (κ3) is 3.00. The molecule has 2 heterocycles. The van der Waals surface area contributed by atoms with Crippen molar-refractivity contribution in [2.24, 2.45) is 11.7 Å². The number of aliphatic hydroxyl groups is 1. The Morgan fingerprint density at radius 1 is 1.39 bits per heavy atom. The summed E-state index contributed by atoms with van der Waals surface area (Å²) >= 11 is 0. The third-order valence-corrected chi connectivity index (χ3v) is 3.84. The molecule has 18 heavy (non-hydrogen) atoms. The number of pyridine rings is 1. The molecule has 0 aromatic carbocycles. The Bertz CT molecular complexity index is 384. The van der Waals surface area contributed by atoms with Crippen LogP contribution in [0.5, 0.6) is 0 Å². The summed E-state index contributed by atoms with van der Waals surface area (Å²) in [5, 5.41) is 9.60. The summed E-state index contributed by atoms with van der Waals surface area (Å²) in [6.45, 7) is 5.80. The van der Waals surface area contributed by atoms with Gasteiger partial charge in [-0.25, -0.2) is 4.98 Å². The average Bonchev–Trinajstić information content (AvgIpc) is 2.39. The van der Waals surface area contributed by atoms with E-state index in [1.807, 2.05) is 26.1 Å². The molecule has 4 nitrogen and oxygen atoms in total. The Hall–Kier alpha value is -1.13. The van der Waals surface area contributed by atoms with Gasteiger partial charge in [0.2, 0.25) is 0 Å². The fourth-order valence-electron chi connectivity index (χ4n) is 2.50. The molecule has 2 rings (SSSR count). The smallest absolute Gasteiger partial charge is 0.128 e. The molecule has 0 saturated carbocycles. The van der Waals surface area contributed by atoms with E-state index in [2.05, 4.69) is 16.0 Å². The number of nitrogens with zero attached hydrogens (tertiary/aromatic N) is 2. The molecule has 0 spiro atoms. The van der Waals surface area contributed by atoms with Crippen molar-refractivity contribution < 1.29 is 5.11 Å². The summed E-state index contributed by atoms with van der Waals surface area (Å²) in [6, 6.07) is 4.09. The molecule has 1 aliphatic heterocycles. The van der Waals surface area contributed by atoms with Gasteiger partial charge in [0.15, 0.2) is 0 Å². The number of rotatable bonds is 3. The Labute approximate surface area is 109 Å². The zero-order chi connectivity index (χ0) is 13.1. The first-order chi connectivity index (χ1) is 8.58. The van der Waals surface area contributed by atoms with Crippen LogP contribution in [-0.4, -0.2) is 29.3 Å². The molecule has 0 aliphatic carbocycles. The summed E-state index contributed by atoms with van der Waals surface area (Å²) in [7, 11) is 0. The minimum absolute atomic E-state index is 0.0433. The first-order valence-electron chi connectivity index (χ1n) is 6.72. The molecule has 1 aliphatic rings. The second-order valence-electron chi connectivity index (χ2n) is 5.30. The van der Waals surface area contributed by atoms with Gasteiger partial charge in [0.05, 0.1) is 6.10 Å². The third-order valence-electron chi connectivity index (χ3n) is 3.84. The Morgan fingerprint density at radius 3 is 2.61 bits per heavy atom. The molecular formula is C14H23N3O. The first-order valence-corrected chi connectivity index (χ1v) is 6.72. The van der Waals surface area contributed by atoms with Crippen LogP contribution in [0.4, 0.5) is 5.82 Å². The van der Waals surface area contributed by atoms with Crippen LogP contribution in [-0.2, 0) is 0 Å². The first kappa shape index (κ1) is 13.3. The topological polar surface area (TPSA) is 62.4 Å². The van der Waals surface area contributed by atoms with Crippen LogP contribution >= 0.6 is 0 Å². The van der Waals surface area contributed by atoms with Crippen molar-refractivity contribution in [3.8, 4) is 0 Å². The Morgan fingerprint density at radius 2 is 2.06 bits per heavy atom. The van der Waals surface area contributed by atoms with E-state index < -0.39 is 0 Å². The van der Waals surface area contributed by atoms with Gasteiger partial charge >= 0.3 is 0 Å². The van der Waals surface area contributed by atoms with Gasteiger partial charge in [-0.1, -0.05) is 0 Å². The van der Waals surface area contributed by atoms with E-state index in [-0.39, 0.29) is 12.1 Å². The van der Waals surface area contributed by atoms with Crippen molar-refractivity contribution in [3.63, 3.8) is 0 Å². The second kappa shape index (κ2) is 5.67. The summed E-state index contributed by atoms with van der Waals surface area (Å²) in [5.41, 5.74) is 7.02. The van der Waals surface area contributed by atoms with E-state index in [9.17, 15) is 5.11 Å². The minimum atomic E-state index is -0.199. The number of nitrogens with two attached hydrogens (primary N) is 1. The van der Waals surface area contributed by atoms with Crippen molar-refractivity contribution in [2.75, 3.05) is 18.0 Å². The SMILES string of the molecule is CC(O)C1CCN(c2cc([C@@H](C)N)ccn2)CC1. The van der Waals surface area contributed by atoms with Gasteiger partial charge in [-0.2, -0.15) is 0 Å². The Kier molecular flexibility index (Phi) is 4.19. The lowest BCUT2D eigenvalue weighted by atomic mass is 9.92. The van der Waals surface area contributed by atoms with Crippen LogP contribution in [0.1, 0.15) is 38.3 Å². The zero-order valence-electron chi connectivity index (χ0n) is 11.2. The molecule has 1 aromatic rings.